The Hall–Kier alpha value is -2.63. The number of hydrogen-bond donors (Lipinski definition) is 1. The molecule has 6 nitrogen and oxygen atoms in total. The molecule has 2 heterocycles. The summed E-state index contributed by atoms with van der Waals surface area (Å²) in [5, 5.41) is 0. The molecule has 0 spiro atoms. The lowest BCUT2D eigenvalue weighted by molar-refractivity contribution is -0.131. The number of H-pyrrole nitrogens is 1. The first-order chi connectivity index (χ1) is 12.6. The molecule has 3 rings (SSSR count). The van der Waals surface area contributed by atoms with Crippen molar-refractivity contribution in [3.8, 4) is 5.75 Å². The van der Waals surface area contributed by atoms with E-state index in [1.807, 2.05) is 36.1 Å². The molecule has 6 heteroatoms. The molecule has 1 fully saturated rings. The molecule has 26 heavy (non-hydrogen) atoms. The zero-order valence-corrected chi connectivity index (χ0v) is 15.3. The fraction of sp³-hybridized carbons (Fsp3) is 0.450. The second-order valence-corrected chi connectivity index (χ2v) is 6.63. The fourth-order valence-electron chi connectivity index (χ4n) is 3.46. The van der Waals surface area contributed by atoms with Crippen LogP contribution in [0, 0.1) is 6.92 Å². The lowest BCUT2D eigenvalue weighted by Gasteiger charge is -2.32. The third-order valence-electron chi connectivity index (χ3n) is 4.76. The molecule has 2 aromatic rings. The Balaban J connectivity index is 1.61. The van der Waals surface area contributed by atoms with E-state index in [1.54, 1.807) is 13.0 Å². The van der Waals surface area contributed by atoms with Crippen LogP contribution in [-0.4, -0.2) is 40.5 Å². The van der Waals surface area contributed by atoms with Gasteiger partial charge in [0.2, 0.25) is 5.91 Å². The van der Waals surface area contributed by atoms with Gasteiger partial charge < -0.3 is 14.6 Å². The molecule has 138 valence electrons. The van der Waals surface area contributed by atoms with Crippen molar-refractivity contribution in [2.24, 2.45) is 0 Å². The van der Waals surface area contributed by atoms with Crippen molar-refractivity contribution >= 4 is 5.91 Å². The molecule has 1 saturated heterocycles. The van der Waals surface area contributed by atoms with E-state index in [2.05, 4.69) is 9.97 Å². The Morgan fingerprint density at radius 3 is 2.73 bits per heavy atom. The van der Waals surface area contributed by atoms with Crippen LogP contribution in [0.2, 0.25) is 0 Å². The zero-order chi connectivity index (χ0) is 18.5. The summed E-state index contributed by atoms with van der Waals surface area (Å²) in [5.41, 5.74) is 1.65. The van der Waals surface area contributed by atoms with Crippen molar-refractivity contribution in [3.63, 3.8) is 0 Å². The summed E-state index contributed by atoms with van der Waals surface area (Å²) >= 11 is 0. The Morgan fingerprint density at radius 2 is 2.04 bits per heavy atom. The van der Waals surface area contributed by atoms with E-state index in [4.69, 9.17) is 4.74 Å². The number of nitrogens with zero attached hydrogens (tertiary/aromatic N) is 2. The first-order valence-electron chi connectivity index (χ1n) is 9.13. The van der Waals surface area contributed by atoms with E-state index in [-0.39, 0.29) is 17.4 Å². The predicted octanol–water partition coefficient (Wildman–Crippen LogP) is 2.43. The molecule has 0 saturated carbocycles. The van der Waals surface area contributed by atoms with Crippen molar-refractivity contribution in [2.45, 2.75) is 39.0 Å². The van der Waals surface area contributed by atoms with Gasteiger partial charge in [0.1, 0.15) is 11.6 Å². The van der Waals surface area contributed by atoms with Crippen molar-refractivity contribution in [1.82, 2.24) is 14.9 Å². The summed E-state index contributed by atoms with van der Waals surface area (Å²) in [7, 11) is 0. The topological polar surface area (TPSA) is 75.3 Å². The Morgan fingerprint density at radius 1 is 1.31 bits per heavy atom. The van der Waals surface area contributed by atoms with Crippen molar-refractivity contribution in [3.05, 3.63) is 57.8 Å². The molecule has 1 aliphatic rings. The number of carbonyl (C=O) groups excluding carboxylic acids is 1. The second-order valence-electron chi connectivity index (χ2n) is 6.63. The summed E-state index contributed by atoms with van der Waals surface area (Å²) in [4.78, 5) is 33.3. The van der Waals surface area contributed by atoms with E-state index in [9.17, 15) is 9.59 Å². The highest BCUT2D eigenvalue weighted by Gasteiger charge is 2.25. The lowest BCUT2D eigenvalue weighted by Crippen LogP contribution is -2.39. The number of aromatic nitrogens is 2. The van der Waals surface area contributed by atoms with Gasteiger partial charge in [-0.1, -0.05) is 18.2 Å². The molecule has 1 amide bonds. The van der Waals surface area contributed by atoms with E-state index in [0.717, 1.165) is 29.8 Å². The molecular weight excluding hydrogens is 330 g/mol. The van der Waals surface area contributed by atoms with Gasteiger partial charge in [-0.3, -0.25) is 9.59 Å². The molecule has 0 aliphatic carbocycles. The molecule has 1 aliphatic heterocycles. The summed E-state index contributed by atoms with van der Waals surface area (Å²) in [6.07, 6.45) is 2.01. The van der Waals surface area contributed by atoms with Gasteiger partial charge in [0.25, 0.3) is 5.56 Å². The van der Waals surface area contributed by atoms with E-state index in [1.165, 1.54) is 0 Å². The van der Waals surface area contributed by atoms with Gasteiger partial charge in [-0.25, -0.2) is 4.98 Å². The highest BCUT2D eigenvalue weighted by atomic mass is 16.5. The smallest absolute Gasteiger partial charge is 0.251 e. The third kappa shape index (κ3) is 4.31. The number of piperidine rings is 1. The minimum Gasteiger partial charge on any atom is -0.494 e. The van der Waals surface area contributed by atoms with Crippen LogP contribution in [-0.2, 0) is 11.2 Å². The minimum atomic E-state index is -0.112. The van der Waals surface area contributed by atoms with Crippen molar-refractivity contribution in [2.75, 3.05) is 19.7 Å². The number of aromatic amines is 1. The van der Waals surface area contributed by atoms with Crippen LogP contribution in [0.3, 0.4) is 0 Å². The third-order valence-corrected chi connectivity index (χ3v) is 4.76. The Labute approximate surface area is 153 Å². The van der Waals surface area contributed by atoms with E-state index < -0.39 is 0 Å². The maximum Gasteiger partial charge on any atom is 0.251 e. The van der Waals surface area contributed by atoms with Crippen LogP contribution >= 0.6 is 0 Å². The average Bonchev–Trinajstić information content (AvgIpc) is 2.63. The molecule has 0 unspecified atom stereocenters. The summed E-state index contributed by atoms with van der Waals surface area (Å²) in [5.74, 6) is 1.77. The normalized spacial score (nSPS) is 15.1. The van der Waals surface area contributed by atoms with Crippen molar-refractivity contribution < 1.29 is 9.53 Å². The number of likely N-dealkylation sites (tertiary alicyclic amines) is 1. The maximum atomic E-state index is 12.7. The van der Waals surface area contributed by atoms with E-state index in [0.29, 0.717) is 31.9 Å². The highest BCUT2D eigenvalue weighted by molar-refractivity contribution is 5.79. The molecule has 1 N–H and O–H groups in total. The SMILES string of the molecule is CCOc1ccccc1CC(=O)N1CCC(c2cc(=O)[nH]c(C)n2)CC1. The average molecular weight is 355 g/mol. The quantitative estimate of drug-likeness (QED) is 0.894. The summed E-state index contributed by atoms with van der Waals surface area (Å²) in [6.45, 7) is 5.69. The number of ether oxygens (including phenoxy) is 1. The van der Waals surface area contributed by atoms with Crippen LogP contribution in [0.5, 0.6) is 5.75 Å². The van der Waals surface area contributed by atoms with Gasteiger partial charge in [-0.15, -0.1) is 0 Å². The largest absolute Gasteiger partial charge is 0.494 e. The first-order valence-corrected chi connectivity index (χ1v) is 9.13. The number of carbonyl (C=O) groups is 1. The van der Waals surface area contributed by atoms with Gasteiger partial charge in [0.05, 0.1) is 18.7 Å². The van der Waals surface area contributed by atoms with Crippen LogP contribution in [0.4, 0.5) is 0 Å². The van der Waals surface area contributed by atoms with Crippen LogP contribution < -0.4 is 10.3 Å². The predicted molar refractivity (Wildman–Crippen MR) is 99.5 cm³/mol. The summed E-state index contributed by atoms with van der Waals surface area (Å²) in [6, 6.07) is 9.27. The number of amides is 1. The Bertz CT molecular complexity index is 823. The molecule has 1 aromatic heterocycles. The summed E-state index contributed by atoms with van der Waals surface area (Å²) < 4.78 is 5.61. The Kier molecular flexibility index (Phi) is 5.71. The molecule has 0 bridgehead atoms. The second kappa shape index (κ2) is 8.17. The highest BCUT2D eigenvalue weighted by Crippen LogP contribution is 2.27. The molecule has 1 aromatic carbocycles. The maximum absolute atomic E-state index is 12.7. The van der Waals surface area contributed by atoms with Crippen LogP contribution in [0.1, 0.15) is 42.8 Å². The lowest BCUT2D eigenvalue weighted by atomic mass is 9.93. The van der Waals surface area contributed by atoms with Crippen LogP contribution in [0.15, 0.2) is 35.1 Å². The van der Waals surface area contributed by atoms with Gasteiger partial charge in [-0.05, 0) is 32.8 Å². The van der Waals surface area contributed by atoms with Gasteiger partial charge in [0, 0.05) is 30.6 Å². The number of benzene rings is 1. The number of rotatable bonds is 5. The monoisotopic (exact) mass is 355 g/mol. The number of para-hydroxylation sites is 1. The van der Waals surface area contributed by atoms with Gasteiger partial charge >= 0.3 is 0 Å². The standard InChI is InChI=1S/C20H25N3O3/c1-3-26-18-7-5-4-6-16(18)12-20(25)23-10-8-15(9-11-23)17-13-19(24)22-14(2)21-17/h4-7,13,15H,3,8-12H2,1-2H3,(H,21,22,24). The number of hydrogen-bond acceptors (Lipinski definition) is 4. The minimum absolute atomic E-state index is 0.112. The molecule has 0 atom stereocenters. The number of aryl methyl sites for hydroxylation is 1. The zero-order valence-electron chi connectivity index (χ0n) is 15.3. The first kappa shape index (κ1) is 18.2. The molecular formula is C20H25N3O3. The van der Waals surface area contributed by atoms with Gasteiger partial charge in [-0.2, -0.15) is 0 Å². The van der Waals surface area contributed by atoms with Crippen LogP contribution in [0.25, 0.3) is 0 Å². The number of nitrogens with one attached hydrogen (secondary N) is 1. The van der Waals surface area contributed by atoms with Gasteiger partial charge in [0.15, 0.2) is 0 Å². The van der Waals surface area contributed by atoms with E-state index >= 15 is 0 Å². The molecule has 0 radical (unpaired) electrons. The van der Waals surface area contributed by atoms with Crippen molar-refractivity contribution in [1.29, 1.82) is 0 Å². The fourth-order valence-corrected chi connectivity index (χ4v) is 3.46.